The smallest absolute Gasteiger partial charge is 0.311 e. The average Bonchev–Trinajstić information content (AvgIpc) is 2.50. The van der Waals surface area contributed by atoms with Gasteiger partial charge in [0.15, 0.2) is 0 Å². The molecular weight excluding hydrogens is 248 g/mol. The van der Waals surface area contributed by atoms with Crippen molar-refractivity contribution in [2.75, 3.05) is 0 Å². The monoisotopic (exact) mass is 260 g/mol. The highest BCUT2D eigenvalue weighted by molar-refractivity contribution is 9.10. The number of aromatic amines is 1. The number of carboxylic acids is 1. The van der Waals surface area contributed by atoms with E-state index in [-0.39, 0.29) is 0 Å². The van der Waals surface area contributed by atoms with Crippen molar-refractivity contribution in [2.45, 2.75) is 19.9 Å². The van der Waals surface area contributed by atoms with Gasteiger partial charge in [0, 0.05) is 16.4 Å². The van der Waals surface area contributed by atoms with Gasteiger partial charge in [-0.05, 0) is 35.8 Å². The molecule has 0 spiro atoms. The highest BCUT2D eigenvalue weighted by atomic mass is 79.9. The van der Waals surface area contributed by atoms with Crippen LogP contribution in [-0.2, 0) is 4.79 Å². The van der Waals surface area contributed by atoms with Crippen molar-refractivity contribution in [3.63, 3.8) is 0 Å². The van der Waals surface area contributed by atoms with Crippen molar-refractivity contribution in [2.24, 2.45) is 11.1 Å². The Morgan fingerprint density at radius 2 is 2.29 bits per heavy atom. The minimum atomic E-state index is -0.982. The van der Waals surface area contributed by atoms with Crippen molar-refractivity contribution >= 4 is 21.9 Å². The van der Waals surface area contributed by atoms with Gasteiger partial charge in [-0.25, -0.2) is 0 Å². The molecule has 78 valence electrons. The number of halogens is 1. The van der Waals surface area contributed by atoms with E-state index >= 15 is 0 Å². The second-order valence-corrected chi connectivity index (χ2v) is 4.69. The highest BCUT2D eigenvalue weighted by Crippen LogP contribution is 2.31. The molecule has 0 aromatic carbocycles. The Morgan fingerprint density at radius 1 is 1.71 bits per heavy atom. The lowest BCUT2D eigenvalue weighted by Gasteiger charge is -2.26. The minimum absolute atomic E-state index is 0.550. The topological polar surface area (TPSA) is 79.1 Å². The van der Waals surface area contributed by atoms with Crippen molar-refractivity contribution in [3.8, 4) is 0 Å². The van der Waals surface area contributed by atoms with Crippen LogP contribution in [-0.4, -0.2) is 16.1 Å². The first kappa shape index (κ1) is 11.3. The number of rotatable bonds is 3. The Labute approximate surface area is 90.6 Å². The largest absolute Gasteiger partial charge is 0.481 e. The molecule has 1 aromatic heterocycles. The van der Waals surface area contributed by atoms with Gasteiger partial charge in [0.2, 0.25) is 0 Å². The number of aromatic nitrogens is 1. The Morgan fingerprint density at radius 3 is 2.64 bits per heavy atom. The summed E-state index contributed by atoms with van der Waals surface area (Å²) in [5.74, 6) is -0.907. The third kappa shape index (κ3) is 1.99. The Hall–Kier alpha value is -0.810. The van der Waals surface area contributed by atoms with Gasteiger partial charge in [-0.1, -0.05) is 0 Å². The number of H-pyrrole nitrogens is 1. The van der Waals surface area contributed by atoms with Gasteiger partial charge in [-0.3, -0.25) is 4.79 Å². The third-order valence-corrected chi connectivity index (χ3v) is 2.79. The molecule has 1 atom stereocenters. The summed E-state index contributed by atoms with van der Waals surface area (Å²) in [7, 11) is 0. The molecule has 0 amide bonds. The summed E-state index contributed by atoms with van der Waals surface area (Å²) < 4.78 is 0.865. The fraction of sp³-hybridized carbons (Fsp3) is 0.444. The Bertz CT molecular complexity index is 346. The summed E-state index contributed by atoms with van der Waals surface area (Å²) in [4.78, 5) is 13.9. The fourth-order valence-electron chi connectivity index (χ4n) is 1.09. The first-order valence-electron chi connectivity index (χ1n) is 4.18. The normalized spacial score (nSPS) is 14.0. The van der Waals surface area contributed by atoms with E-state index in [1.807, 2.05) is 0 Å². The second-order valence-electron chi connectivity index (χ2n) is 3.78. The number of nitrogens with two attached hydrogens (primary N) is 1. The molecule has 0 aliphatic rings. The van der Waals surface area contributed by atoms with Crippen molar-refractivity contribution < 1.29 is 9.90 Å². The van der Waals surface area contributed by atoms with Gasteiger partial charge in [0.05, 0.1) is 11.5 Å². The van der Waals surface area contributed by atoms with E-state index in [2.05, 4.69) is 20.9 Å². The maximum absolute atomic E-state index is 10.9. The van der Waals surface area contributed by atoms with Gasteiger partial charge in [-0.2, -0.15) is 0 Å². The first-order valence-corrected chi connectivity index (χ1v) is 4.98. The molecule has 0 saturated carbocycles. The highest BCUT2D eigenvalue weighted by Gasteiger charge is 2.36. The van der Waals surface area contributed by atoms with E-state index in [1.165, 1.54) is 0 Å². The maximum Gasteiger partial charge on any atom is 0.311 e. The summed E-state index contributed by atoms with van der Waals surface area (Å²) in [5, 5.41) is 8.97. The van der Waals surface area contributed by atoms with Crippen LogP contribution in [0.3, 0.4) is 0 Å². The van der Waals surface area contributed by atoms with Gasteiger partial charge in [0.25, 0.3) is 0 Å². The summed E-state index contributed by atoms with van der Waals surface area (Å²) in [6.45, 7) is 3.21. The van der Waals surface area contributed by atoms with Crippen LogP contribution in [0.1, 0.15) is 25.6 Å². The van der Waals surface area contributed by atoms with Gasteiger partial charge in [-0.15, -0.1) is 0 Å². The predicted octanol–water partition coefficient (Wildman–Crippen LogP) is 1.89. The van der Waals surface area contributed by atoms with Gasteiger partial charge >= 0.3 is 5.97 Å². The van der Waals surface area contributed by atoms with Crippen LogP contribution < -0.4 is 5.73 Å². The van der Waals surface area contributed by atoms with E-state index in [0.717, 1.165) is 4.47 Å². The number of carboxylic acid groups (broad SMARTS) is 1. The average molecular weight is 261 g/mol. The quantitative estimate of drug-likeness (QED) is 0.777. The molecule has 4 N–H and O–H groups in total. The van der Waals surface area contributed by atoms with Gasteiger partial charge < -0.3 is 15.8 Å². The SMILES string of the molecule is CC(C)(C(=O)O)[C@@H](N)c1cc(Br)c[nH]1. The summed E-state index contributed by atoms with van der Waals surface area (Å²) in [5.41, 5.74) is 5.58. The zero-order valence-corrected chi connectivity index (χ0v) is 9.63. The van der Waals surface area contributed by atoms with Crippen LogP contribution in [0.25, 0.3) is 0 Å². The van der Waals surface area contributed by atoms with Crippen molar-refractivity contribution in [1.29, 1.82) is 0 Å². The van der Waals surface area contributed by atoms with E-state index in [0.29, 0.717) is 5.69 Å². The van der Waals surface area contributed by atoms with E-state index < -0.39 is 17.4 Å². The lowest BCUT2D eigenvalue weighted by Crippen LogP contribution is -2.36. The molecule has 0 fully saturated rings. The molecule has 0 unspecified atom stereocenters. The van der Waals surface area contributed by atoms with Crippen LogP contribution in [0, 0.1) is 5.41 Å². The molecular formula is C9H13BrN2O2. The number of hydrogen-bond acceptors (Lipinski definition) is 2. The minimum Gasteiger partial charge on any atom is -0.481 e. The molecule has 0 aliphatic carbocycles. The fourth-order valence-corrected chi connectivity index (χ4v) is 1.45. The molecule has 0 bridgehead atoms. The van der Waals surface area contributed by atoms with Crippen LogP contribution in [0.15, 0.2) is 16.7 Å². The maximum atomic E-state index is 10.9. The molecule has 4 nitrogen and oxygen atoms in total. The second kappa shape index (κ2) is 3.74. The van der Waals surface area contributed by atoms with Crippen LogP contribution in [0.4, 0.5) is 0 Å². The molecule has 14 heavy (non-hydrogen) atoms. The predicted molar refractivity (Wildman–Crippen MR) is 56.8 cm³/mol. The molecule has 1 aromatic rings. The number of aliphatic carboxylic acids is 1. The molecule has 0 aliphatic heterocycles. The standard InChI is InChI=1S/C9H13BrN2O2/c1-9(2,8(13)14)7(11)6-3-5(10)4-12-6/h3-4,7,12H,11H2,1-2H3,(H,13,14)/t7-/m0/s1. The molecule has 0 radical (unpaired) electrons. The van der Waals surface area contributed by atoms with Crippen molar-refractivity contribution in [1.82, 2.24) is 4.98 Å². The van der Waals surface area contributed by atoms with Crippen LogP contribution in [0.2, 0.25) is 0 Å². The van der Waals surface area contributed by atoms with Crippen LogP contribution >= 0.6 is 15.9 Å². The van der Waals surface area contributed by atoms with E-state index in [1.54, 1.807) is 26.1 Å². The Balaban J connectivity index is 2.95. The number of carbonyl (C=O) groups is 1. The lowest BCUT2D eigenvalue weighted by atomic mass is 9.83. The molecule has 1 heterocycles. The summed E-state index contributed by atoms with van der Waals surface area (Å²) in [6.07, 6.45) is 1.73. The zero-order chi connectivity index (χ0) is 10.9. The van der Waals surface area contributed by atoms with Gasteiger partial charge in [0.1, 0.15) is 0 Å². The zero-order valence-electron chi connectivity index (χ0n) is 8.04. The summed E-state index contributed by atoms with van der Waals surface area (Å²) >= 11 is 3.27. The lowest BCUT2D eigenvalue weighted by molar-refractivity contribution is -0.148. The first-order chi connectivity index (χ1) is 6.35. The summed E-state index contributed by atoms with van der Waals surface area (Å²) in [6, 6.07) is 1.24. The Kier molecular flexibility index (Phi) is 3.01. The molecule has 5 heteroatoms. The van der Waals surface area contributed by atoms with Crippen molar-refractivity contribution in [3.05, 3.63) is 22.4 Å². The van der Waals surface area contributed by atoms with E-state index in [4.69, 9.17) is 10.8 Å². The number of nitrogens with one attached hydrogen (secondary N) is 1. The number of hydrogen-bond donors (Lipinski definition) is 3. The molecule has 0 saturated heterocycles. The third-order valence-electron chi connectivity index (χ3n) is 2.33. The van der Waals surface area contributed by atoms with E-state index in [9.17, 15) is 4.79 Å². The molecule has 1 rings (SSSR count). The van der Waals surface area contributed by atoms with Crippen LogP contribution in [0.5, 0.6) is 0 Å².